The minimum atomic E-state index is -3.70. The van der Waals surface area contributed by atoms with Crippen LogP contribution in [0.25, 0.3) is 10.9 Å². The van der Waals surface area contributed by atoms with Gasteiger partial charge in [-0.1, -0.05) is 0 Å². The van der Waals surface area contributed by atoms with Crippen LogP contribution >= 0.6 is 0 Å². The van der Waals surface area contributed by atoms with Crippen molar-refractivity contribution in [3.63, 3.8) is 0 Å². The number of carbonyl (C=O) groups is 1. The Kier molecular flexibility index (Phi) is 6.45. The smallest absolute Gasteiger partial charge is 0.257 e. The molecule has 1 heterocycles. The zero-order chi connectivity index (χ0) is 21.9. The molecular weight excluding hydrogens is 409 g/mol. The lowest BCUT2D eigenvalue weighted by atomic mass is 10.1. The van der Waals surface area contributed by atoms with E-state index in [2.05, 4.69) is 15.0 Å². The van der Waals surface area contributed by atoms with Crippen molar-refractivity contribution < 1.29 is 22.3 Å². The predicted molar refractivity (Wildman–Crippen MR) is 112 cm³/mol. The van der Waals surface area contributed by atoms with Gasteiger partial charge in [0, 0.05) is 30.3 Å². The molecule has 3 rings (SSSR count). The molecule has 0 spiro atoms. The van der Waals surface area contributed by atoms with Crippen molar-refractivity contribution in [3.05, 3.63) is 65.6 Å². The molecule has 0 aliphatic heterocycles. The third-order valence-corrected chi connectivity index (χ3v) is 6.02. The van der Waals surface area contributed by atoms with Gasteiger partial charge in [0.25, 0.3) is 5.91 Å². The first-order valence-corrected chi connectivity index (χ1v) is 10.7. The molecule has 0 fully saturated rings. The van der Waals surface area contributed by atoms with Crippen LogP contribution in [-0.4, -0.2) is 39.1 Å². The molecule has 1 aromatic heterocycles. The fourth-order valence-corrected chi connectivity index (χ4v) is 4.23. The summed E-state index contributed by atoms with van der Waals surface area (Å²) in [5.41, 5.74) is 1.71. The second kappa shape index (κ2) is 8.86. The largest absolute Gasteiger partial charge is 0.383 e. The highest BCUT2D eigenvalue weighted by atomic mass is 32.2. The van der Waals surface area contributed by atoms with Gasteiger partial charge in [-0.3, -0.25) is 9.78 Å². The third-order valence-electron chi connectivity index (χ3n) is 4.41. The van der Waals surface area contributed by atoms with Crippen LogP contribution in [0, 0.1) is 12.7 Å². The lowest BCUT2D eigenvalue weighted by Gasteiger charge is -2.14. The normalized spacial score (nSPS) is 12.7. The lowest BCUT2D eigenvalue weighted by Crippen LogP contribution is -2.35. The zero-order valence-electron chi connectivity index (χ0n) is 16.8. The molecule has 2 N–H and O–H groups in total. The summed E-state index contributed by atoms with van der Waals surface area (Å²) >= 11 is 0. The molecule has 3 aromatic rings. The van der Waals surface area contributed by atoms with Gasteiger partial charge < -0.3 is 10.1 Å². The molecule has 0 aliphatic rings. The molecule has 158 valence electrons. The van der Waals surface area contributed by atoms with Crippen LogP contribution in [0.2, 0.25) is 0 Å². The van der Waals surface area contributed by atoms with Crippen LogP contribution in [0.3, 0.4) is 0 Å². The molecule has 0 aliphatic carbocycles. The first kappa shape index (κ1) is 21.8. The number of amides is 1. The highest BCUT2D eigenvalue weighted by molar-refractivity contribution is 7.89. The number of nitrogens with zero attached hydrogens (tertiary/aromatic N) is 1. The quantitative estimate of drug-likeness (QED) is 0.599. The van der Waals surface area contributed by atoms with E-state index in [-0.39, 0.29) is 17.5 Å². The van der Waals surface area contributed by atoms with Gasteiger partial charge >= 0.3 is 0 Å². The average molecular weight is 431 g/mol. The molecule has 0 radical (unpaired) electrons. The Labute approximate surface area is 174 Å². The van der Waals surface area contributed by atoms with Gasteiger partial charge in [-0.15, -0.1) is 0 Å². The van der Waals surface area contributed by atoms with Crippen molar-refractivity contribution in [2.45, 2.75) is 24.8 Å². The van der Waals surface area contributed by atoms with Crippen molar-refractivity contribution in [3.8, 4) is 0 Å². The van der Waals surface area contributed by atoms with E-state index in [9.17, 15) is 17.6 Å². The number of fused-ring (bicyclic) bond motifs is 1. The highest BCUT2D eigenvalue weighted by Crippen LogP contribution is 2.20. The summed E-state index contributed by atoms with van der Waals surface area (Å²) in [5.74, 6) is -0.790. The van der Waals surface area contributed by atoms with Crippen LogP contribution < -0.4 is 10.0 Å². The molecule has 1 atom stereocenters. The van der Waals surface area contributed by atoms with Crippen molar-refractivity contribution in [2.24, 2.45) is 0 Å². The van der Waals surface area contributed by atoms with E-state index in [1.165, 1.54) is 43.5 Å². The molecule has 7 nitrogen and oxygen atoms in total. The van der Waals surface area contributed by atoms with E-state index < -0.39 is 21.7 Å². The summed E-state index contributed by atoms with van der Waals surface area (Å²) in [4.78, 5) is 17.0. The second-order valence-corrected chi connectivity index (χ2v) is 8.63. The molecule has 30 heavy (non-hydrogen) atoms. The maximum Gasteiger partial charge on any atom is 0.257 e. The van der Waals surface area contributed by atoms with Crippen LogP contribution in [0.15, 0.2) is 53.4 Å². The Morgan fingerprint density at radius 2 is 1.87 bits per heavy atom. The van der Waals surface area contributed by atoms with Crippen molar-refractivity contribution in [2.75, 3.05) is 19.0 Å². The number of pyridine rings is 1. The monoisotopic (exact) mass is 431 g/mol. The third kappa shape index (κ3) is 4.99. The van der Waals surface area contributed by atoms with E-state index >= 15 is 0 Å². The molecular formula is C21H22FN3O4S. The molecule has 2 aromatic carbocycles. The average Bonchev–Trinajstić information content (AvgIpc) is 2.67. The molecule has 1 amide bonds. The number of ether oxygens (including phenoxy) is 1. The number of aromatic nitrogens is 1. The van der Waals surface area contributed by atoms with Crippen LogP contribution in [-0.2, 0) is 14.8 Å². The van der Waals surface area contributed by atoms with Gasteiger partial charge in [-0.25, -0.2) is 17.5 Å². The van der Waals surface area contributed by atoms with Gasteiger partial charge in [-0.2, -0.15) is 0 Å². The number of benzene rings is 2. The predicted octanol–water partition coefficient (Wildman–Crippen LogP) is 3.25. The maximum absolute atomic E-state index is 13.4. The van der Waals surface area contributed by atoms with E-state index in [1.54, 1.807) is 26.0 Å². The van der Waals surface area contributed by atoms with Crippen molar-refractivity contribution in [1.82, 2.24) is 9.71 Å². The van der Waals surface area contributed by atoms with Gasteiger partial charge in [0.2, 0.25) is 10.0 Å². The van der Waals surface area contributed by atoms with Gasteiger partial charge in [0.1, 0.15) is 5.82 Å². The number of anilines is 1. The summed E-state index contributed by atoms with van der Waals surface area (Å²) in [6.07, 6.45) is 0. The Morgan fingerprint density at radius 1 is 1.17 bits per heavy atom. The summed E-state index contributed by atoms with van der Waals surface area (Å²) in [7, 11) is -2.20. The molecule has 0 saturated heterocycles. The summed E-state index contributed by atoms with van der Waals surface area (Å²) < 4.78 is 45.6. The zero-order valence-corrected chi connectivity index (χ0v) is 17.6. The molecule has 0 saturated carbocycles. The number of aryl methyl sites for hydroxylation is 1. The van der Waals surface area contributed by atoms with E-state index in [0.717, 1.165) is 0 Å². The SMILES string of the molecule is COCC(C)NS(=O)(=O)c1ccc(NC(=O)c2cc3ccc(F)cc3nc2C)cc1. The van der Waals surface area contributed by atoms with Gasteiger partial charge in [0.15, 0.2) is 0 Å². The van der Waals surface area contributed by atoms with Gasteiger partial charge in [0.05, 0.1) is 28.3 Å². The minimum Gasteiger partial charge on any atom is -0.383 e. The number of halogens is 1. The Balaban J connectivity index is 1.77. The Bertz CT molecular complexity index is 1180. The van der Waals surface area contributed by atoms with Crippen molar-refractivity contribution >= 4 is 32.5 Å². The number of methoxy groups -OCH3 is 1. The molecule has 9 heteroatoms. The van der Waals surface area contributed by atoms with Crippen LogP contribution in [0.5, 0.6) is 0 Å². The fourth-order valence-electron chi connectivity index (χ4n) is 3.00. The number of hydrogen-bond acceptors (Lipinski definition) is 5. The van der Waals surface area contributed by atoms with E-state index in [0.29, 0.717) is 27.8 Å². The first-order chi connectivity index (χ1) is 14.2. The number of hydrogen-bond donors (Lipinski definition) is 2. The summed E-state index contributed by atoms with van der Waals surface area (Å²) in [5, 5.41) is 3.37. The number of nitrogens with one attached hydrogen (secondary N) is 2. The number of rotatable bonds is 7. The van der Waals surface area contributed by atoms with E-state index in [1.807, 2.05) is 0 Å². The Morgan fingerprint density at radius 3 is 2.53 bits per heavy atom. The minimum absolute atomic E-state index is 0.0778. The summed E-state index contributed by atoms with van der Waals surface area (Å²) in [6.45, 7) is 3.62. The summed E-state index contributed by atoms with van der Waals surface area (Å²) in [6, 6.07) is 11.3. The highest BCUT2D eigenvalue weighted by Gasteiger charge is 2.18. The van der Waals surface area contributed by atoms with E-state index in [4.69, 9.17) is 4.74 Å². The standard InChI is InChI=1S/C21H22FN3O4S/c1-13(12-29-3)25-30(27,28)18-8-6-17(7-9-18)24-21(26)19-10-15-4-5-16(22)11-20(15)23-14(19)2/h4-11,13,25H,12H2,1-3H3,(H,24,26). The lowest BCUT2D eigenvalue weighted by molar-refractivity contribution is 0.102. The van der Waals surface area contributed by atoms with Crippen LogP contribution in [0.4, 0.5) is 10.1 Å². The Hall–Kier alpha value is -2.88. The fraction of sp³-hybridized carbons (Fsp3) is 0.238. The van der Waals surface area contributed by atoms with Gasteiger partial charge in [-0.05, 0) is 56.3 Å². The molecule has 0 bridgehead atoms. The maximum atomic E-state index is 13.4. The van der Waals surface area contributed by atoms with Crippen molar-refractivity contribution in [1.29, 1.82) is 0 Å². The van der Waals surface area contributed by atoms with Crippen LogP contribution in [0.1, 0.15) is 23.0 Å². The topological polar surface area (TPSA) is 97.4 Å². The number of sulfonamides is 1. The second-order valence-electron chi connectivity index (χ2n) is 6.91. The molecule has 1 unspecified atom stereocenters. The number of carbonyl (C=O) groups excluding carboxylic acids is 1. The first-order valence-electron chi connectivity index (χ1n) is 9.19.